The molecule has 0 spiro atoms. The van der Waals surface area contributed by atoms with Crippen molar-refractivity contribution in [2.75, 3.05) is 40.0 Å². The van der Waals surface area contributed by atoms with Crippen molar-refractivity contribution in [3.8, 4) is 5.75 Å². The van der Waals surface area contributed by atoms with Crippen LogP contribution in [-0.2, 0) is 22.6 Å². The van der Waals surface area contributed by atoms with Crippen LogP contribution in [0.4, 0.5) is 0 Å². The molecule has 176 valence electrons. The van der Waals surface area contributed by atoms with Gasteiger partial charge in [0.05, 0.1) is 25.8 Å². The van der Waals surface area contributed by atoms with Gasteiger partial charge in [-0.3, -0.25) is 0 Å². The molecule has 0 bridgehead atoms. The molecule has 1 aliphatic heterocycles. The molecule has 0 amide bonds. The SMILES string of the molecule is CCNC(=NCc1cccc(COC2CCOCC2)c1)N(C)CCOc1ccccc1.I. The molecule has 2 aromatic rings. The molecule has 2 aromatic carbocycles. The van der Waals surface area contributed by atoms with Crippen LogP contribution in [0.3, 0.4) is 0 Å². The zero-order valence-corrected chi connectivity index (χ0v) is 21.5. The molecule has 7 heteroatoms. The van der Waals surface area contributed by atoms with Gasteiger partial charge in [-0.2, -0.15) is 0 Å². The van der Waals surface area contributed by atoms with E-state index >= 15 is 0 Å². The van der Waals surface area contributed by atoms with Gasteiger partial charge in [0, 0.05) is 26.8 Å². The number of nitrogens with one attached hydrogen (secondary N) is 1. The molecule has 32 heavy (non-hydrogen) atoms. The fourth-order valence-corrected chi connectivity index (χ4v) is 3.43. The number of rotatable bonds is 10. The van der Waals surface area contributed by atoms with Crippen LogP contribution in [0, 0.1) is 0 Å². The first-order valence-electron chi connectivity index (χ1n) is 11.2. The van der Waals surface area contributed by atoms with E-state index in [0.717, 1.165) is 50.9 Å². The molecule has 1 N–H and O–H groups in total. The smallest absolute Gasteiger partial charge is 0.194 e. The maximum atomic E-state index is 6.06. The molecule has 1 saturated heterocycles. The molecule has 0 radical (unpaired) electrons. The summed E-state index contributed by atoms with van der Waals surface area (Å²) < 4.78 is 17.3. The minimum atomic E-state index is 0. The zero-order chi connectivity index (χ0) is 21.7. The average molecular weight is 553 g/mol. The van der Waals surface area contributed by atoms with Crippen molar-refractivity contribution >= 4 is 29.9 Å². The number of halogens is 1. The fourth-order valence-electron chi connectivity index (χ4n) is 3.43. The van der Waals surface area contributed by atoms with Gasteiger partial charge in [0.25, 0.3) is 0 Å². The number of hydrogen-bond donors (Lipinski definition) is 1. The molecule has 3 rings (SSSR count). The minimum Gasteiger partial charge on any atom is -0.492 e. The van der Waals surface area contributed by atoms with Crippen molar-refractivity contribution in [2.24, 2.45) is 4.99 Å². The first-order chi connectivity index (χ1) is 15.2. The zero-order valence-electron chi connectivity index (χ0n) is 19.2. The Bertz CT molecular complexity index is 798. The monoisotopic (exact) mass is 553 g/mol. The van der Waals surface area contributed by atoms with Crippen molar-refractivity contribution < 1.29 is 14.2 Å². The van der Waals surface area contributed by atoms with E-state index in [1.165, 1.54) is 11.1 Å². The number of ether oxygens (including phenoxy) is 3. The number of benzene rings is 2. The highest BCUT2D eigenvalue weighted by Crippen LogP contribution is 2.15. The van der Waals surface area contributed by atoms with E-state index in [0.29, 0.717) is 25.9 Å². The van der Waals surface area contributed by atoms with Crippen LogP contribution in [0.15, 0.2) is 59.6 Å². The van der Waals surface area contributed by atoms with E-state index in [1.807, 2.05) is 37.4 Å². The van der Waals surface area contributed by atoms with E-state index in [-0.39, 0.29) is 24.0 Å². The van der Waals surface area contributed by atoms with Gasteiger partial charge in [-0.1, -0.05) is 42.5 Å². The molecule has 1 aliphatic rings. The Morgan fingerprint density at radius 1 is 1.09 bits per heavy atom. The predicted molar refractivity (Wildman–Crippen MR) is 140 cm³/mol. The number of para-hydroxylation sites is 1. The highest BCUT2D eigenvalue weighted by atomic mass is 127. The lowest BCUT2D eigenvalue weighted by atomic mass is 10.1. The molecule has 0 aromatic heterocycles. The molecule has 0 atom stereocenters. The Labute approximate surface area is 209 Å². The van der Waals surface area contributed by atoms with Gasteiger partial charge < -0.3 is 24.4 Å². The fraction of sp³-hybridized carbons (Fsp3) is 0.480. The van der Waals surface area contributed by atoms with Crippen LogP contribution in [0.25, 0.3) is 0 Å². The molecule has 1 heterocycles. The van der Waals surface area contributed by atoms with Gasteiger partial charge in [0.2, 0.25) is 0 Å². The Morgan fingerprint density at radius 3 is 2.59 bits per heavy atom. The summed E-state index contributed by atoms with van der Waals surface area (Å²) in [5.74, 6) is 1.76. The highest BCUT2D eigenvalue weighted by Gasteiger charge is 2.14. The van der Waals surface area contributed by atoms with E-state index in [9.17, 15) is 0 Å². The summed E-state index contributed by atoms with van der Waals surface area (Å²) in [7, 11) is 2.04. The second-order valence-electron chi connectivity index (χ2n) is 7.70. The first-order valence-corrected chi connectivity index (χ1v) is 11.2. The number of guanidine groups is 1. The maximum Gasteiger partial charge on any atom is 0.194 e. The number of likely N-dealkylation sites (N-methyl/N-ethyl adjacent to an activating group) is 1. The van der Waals surface area contributed by atoms with Gasteiger partial charge >= 0.3 is 0 Å². The van der Waals surface area contributed by atoms with E-state index in [4.69, 9.17) is 19.2 Å². The first kappa shape index (κ1) is 26.4. The Kier molecular flexibility index (Phi) is 12.4. The summed E-state index contributed by atoms with van der Waals surface area (Å²) >= 11 is 0. The van der Waals surface area contributed by atoms with Gasteiger partial charge in [-0.05, 0) is 43.0 Å². The Balaban J connectivity index is 0.00000363. The molecule has 0 saturated carbocycles. The third-order valence-corrected chi connectivity index (χ3v) is 5.19. The van der Waals surface area contributed by atoms with Crippen LogP contribution < -0.4 is 10.1 Å². The summed E-state index contributed by atoms with van der Waals surface area (Å²) in [4.78, 5) is 6.92. The van der Waals surface area contributed by atoms with E-state index in [2.05, 4.69) is 41.4 Å². The second kappa shape index (κ2) is 15.1. The molecular weight excluding hydrogens is 517 g/mol. The van der Waals surface area contributed by atoms with E-state index < -0.39 is 0 Å². The van der Waals surface area contributed by atoms with Crippen LogP contribution in [0.2, 0.25) is 0 Å². The van der Waals surface area contributed by atoms with Crippen molar-refractivity contribution in [2.45, 2.75) is 39.0 Å². The Hall–Kier alpha value is -1.84. The normalized spacial score (nSPS) is 14.5. The number of hydrogen-bond acceptors (Lipinski definition) is 4. The third-order valence-electron chi connectivity index (χ3n) is 5.19. The highest BCUT2D eigenvalue weighted by molar-refractivity contribution is 14.0. The van der Waals surface area contributed by atoms with Gasteiger partial charge in [-0.15, -0.1) is 24.0 Å². The molecule has 6 nitrogen and oxygen atoms in total. The minimum absolute atomic E-state index is 0. The summed E-state index contributed by atoms with van der Waals surface area (Å²) in [6.45, 7) is 7.12. The second-order valence-corrected chi connectivity index (χ2v) is 7.70. The summed E-state index contributed by atoms with van der Waals surface area (Å²) in [5.41, 5.74) is 2.37. The van der Waals surface area contributed by atoms with Crippen LogP contribution in [-0.4, -0.2) is 56.9 Å². The number of nitrogens with zero attached hydrogens (tertiary/aromatic N) is 2. The average Bonchev–Trinajstić information content (AvgIpc) is 2.82. The summed E-state index contributed by atoms with van der Waals surface area (Å²) in [6.07, 6.45) is 2.27. The quantitative estimate of drug-likeness (QED) is 0.267. The maximum absolute atomic E-state index is 6.06. The largest absolute Gasteiger partial charge is 0.492 e. The van der Waals surface area contributed by atoms with Crippen molar-refractivity contribution in [1.82, 2.24) is 10.2 Å². The van der Waals surface area contributed by atoms with Crippen molar-refractivity contribution in [1.29, 1.82) is 0 Å². The van der Waals surface area contributed by atoms with E-state index in [1.54, 1.807) is 0 Å². The van der Waals surface area contributed by atoms with Crippen molar-refractivity contribution in [3.05, 3.63) is 65.7 Å². The lowest BCUT2D eigenvalue weighted by Crippen LogP contribution is -2.40. The topological polar surface area (TPSA) is 55.3 Å². The Morgan fingerprint density at radius 2 is 1.84 bits per heavy atom. The summed E-state index contributed by atoms with van der Waals surface area (Å²) in [5, 5.41) is 3.37. The van der Waals surface area contributed by atoms with Crippen molar-refractivity contribution in [3.63, 3.8) is 0 Å². The third kappa shape index (κ3) is 9.34. The van der Waals surface area contributed by atoms with Gasteiger partial charge in [-0.25, -0.2) is 4.99 Å². The summed E-state index contributed by atoms with van der Waals surface area (Å²) in [6, 6.07) is 18.4. The van der Waals surface area contributed by atoms with Crippen LogP contribution in [0.5, 0.6) is 5.75 Å². The standard InChI is InChI=1S/C25H35N3O3.HI/c1-3-26-25(28(2)14-17-30-23-10-5-4-6-11-23)27-19-21-8-7-9-22(18-21)20-31-24-12-15-29-16-13-24;/h4-11,18,24H,3,12-17,19-20H2,1-2H3,(H,26,27);1H. The molecule has 0 aliphatic carbocycles. The molecular formula is C25H36IN3O3. The number of aliphatic imine (C=N–C) groups is 1. The lowest BCUT2D eigenvalue weighted by Gasteiger charge is -2.22. The van der Waals surface area contributed by atoms with Crippen LogP contribution >= 0.6 is 24.0 Å². The molecule has 0 unspecified atom stereocenters. The molecule has 1 fully saturated rings. The van der Waals surface area contributed by atoms with Gasteiger partial charge in [0.1, 0.15) is 12.4 Å². The predicted octanol–water partition coefficient (Wildman–Crippen LogP) is 4.48. The van der Waals surface area contributed by atoms with Crippen LogP contribution in [0.1, 0.15) is 30.9 Å². The van der Waals surface area contributed by atoms with Gasteiger partial charge in [0.15, 0.2) is 5.96 Å². The lowest BCUT2D eigenvalue weighted by molar-refractivity contribution is -0.0390.